The molecule has 0 bridgehead atoms. The van der Waals surface area contributed by atoms with Crippen molar-refractivity contribution in [1.82, 2.24) is 5.32 Å². The molecule has 0 aliphatic heterocycles. The quantitative estimate of drug-likeness (QED) is 0.611. The van der Waals surface area contributed by atoms with Gasteiger partial charge in [-0.15, -0.1) is 11.8 Å². The SMILES string of the molecule is Fc1ccc(SCCCNC2CCCCC2)cc1. The van der Waals surface area contributed by atoms with Gasteiger partial charge in [-0.2, -0.15) is 0 Å². The smallest absolute Gasteiger partial charge is 0.123 e. The Morgan fingerprint density at radius 3 is 2.56 bits per heavy atom. The summed E-state index contributed by atoms with van der Waals surface area (Å²) in [7, 11) is 0. The van der Waals surface area contributed by atoms with Crippen LogP contribution >= 0.6 is 11.8 Å². The van der Waals surface area contributed by atoms with Gasteiger partial charge in [0.05, 0.1) is 0 Å². The maximum atomic E-state index is 12.7. The molecule has 1 N–H and O–H groups in total. The lowest BCUT2D eigenvalue weighted by Gasteiger charge is -2.22. The zero-order valence-corrected chi connectivity index (χ0v) is 11.6. The average Bonchev–Trinajstić information content (AvgIpc) is 2.42. The van der Waals surface area contributed by atoms with Crippen LogP contribution in [-0.2, 0) is 0 Å². The first-order valence-corrected chi connectivity index (χ1v) is 7.95. The molecular weight excluding hydrogens is 245 g/mol. The molecule has 2 rings (SSSR count). The average molecular weight is 267 g/mol. The van der Waals surface area contributed by atoms with Gasteiger partial charge in [-0.1, -0.05) is 19.3 Å². The maximum Gasteiger partial charge on any atom is 0.123 e. The van der Waals surface area contributed by atoms with E-state index in [-0.39, 0.29) is 5.82 Å². The molecule has 0 atom stereocenters. The Hall–Kier alpha value is -0.540. The van der Waals surface area contributed by atoms with E-state index in [1.165, 1.54) is 50.7 Å². The van der Waals surface area contributed by atoms with Gasteiger partial charge in [0.1, 0.15) is 5.82 Å². The maximum absolute atomic E-state index is 12.7. The minimum absolute atomic E-state index is 0.154. The van der Waals surface area contributed by atoms with Crippen LogP contribution in [0.25, 0.3) is 0 Å². The van der Waals surface area contributed by atoms with E-state index < -0.39 is 0 Å². The van der Waals surface area contributed by atoms with E-state index >= 15 is 0 Å². The van der Waals surface area contributed by atoms with Crippen molar-refractivity contribution in [2.45, 2.75) is 49.5 Å². The Balaban J connectivity index is 1.54. The summed E-state index contributed by atoms with van der Waals surface area (Å²) in [5.74, 6) is 0.948. The molecule has 0 spiro atoms. The summed E-state index contributed by atoms with van der Waals surface area (Å²) in [4.78, 5) is 1.16. The Labute approximate surface area is 114 Å². The van der Waals surface area contributed by atoms with Crippen LogP contribution in [0.1, 0.15) is 38.5 Å². The molecule has 1 aromatic carbocycles. The van der Waals surface area contributed by atoms with E-state index in [2.05, 4.69) is 5.32 Å². The standard InChI is InChI=1S/C15H22FNS/c16-13-7-9-15(10-8-13)18-12-4-11-17-14-5-2-1-3-6-14/h7-10,14,17H,1-6,11-12H2. The number of hydrogen-bond acceptors (Lipinski definition) is 2. The van der Waals surface area contributed by atoms with Crippen molar-refractivity contribution in [1.29, 1.82) is 0 Å². The largest absolute Gasteiger partial charge is 0.314 e. The van der Waals surface area contributed by atoms with Crippen LogP contribution in [0.15, 0.2) is 29.2 Å². The Kier molecular flexibility index (Phi) is 6.01. The predicted molar refractivity (Wildman–Crippen MR) is 76.6 cm³/mol. The van der Waals surface area contributed by atoms with Crippen molar-refractivity contribution >= 4 is 11.8 Å². The summed E-state index contributed by atoms with van der Waals surface area (Å²) in [6.07, 6.45) is 8.08. The molecule has 0 unspecified atom stereocenters. The number of nitrogens with one attached hydrogen (secondary N) is 1. The zero-order chi connectivity index (χ0) is 12.6. The highest BCUT2D eigenvalue weighted by Crippen LogP contribution is 2.19. The van der Waals surface area contributed by atoms with E-state index in [0.717, 1.165) is 23.2 Å². The minimum atomic E-state index is -0.154. The molecule has 1 nitrogen and oxygen atoms in total. The van der Waals surface area contributed by atoms with Crippen LogP contribution in [-0.4, -0.2) is 18.3 Å². The van der Waals surface area contributed by atoms with Crippen molar-refractivity contribution in [3.63, 3.8) is 0 Å². The van der Waals surface area contributed by atoms with Gasteiger partial charge in [-0.3, -0.25) is 0 Å². The van der Waals surface area contributed by atoms with Crippen LogP contribution in [0, 0.1) is 5.82 Å². The molecule has 1 saturated carbocycles. The molecule has 0 heterocycles. The summed E-state index contributed by atoms with van der Waals surface area (Å²) in [6.45, 7) is 1.11. The summed E-state index contributed by atoms with van der Waals surface area (Å²) >= 11 is 1.81. The highest BCUT2D eigenvalue weighted by Gasteiger charge is 2.11. The second-order valence-corrected chi connectivity index (χ2v) is 6.11. The number of rotatable bonds is 6. The molecule has 1 aromatic rings. The monoisotopic (exact) mass is 267 g/mol. The lowest BCUT2D eigenvalue weighted by molar-refractivity contribution is 0.375. The Bertz CT molecular complexity index is 333. The first-order chi connectivity index (χ1) is 8.84. The van der Waals surface area contributed by atoms with Gasteiger partial charge in [0.25, 0.3) is 0 Å². The van der Waals surface area contributed by atoms with Crippen LogP contribution in [0.5, 0.6) is 0 Å². The van der Waals surface area contributed by atoms with Crippen molar-refractivity contribution in [2.75, 3.05) is 12.3 Å². The van der Waals surface area contributed by atoms with Gasteiger partial charge in [0, 0.05) is 10.9 Å². The van der Waals surface area contributed by atoms with Gasteiger partial charge in [-0.25, -0.2) is 4.39 Å². The van der Waals surface area contributed by atoms with E-state index in [9.17, 15) is 4.39 Å². The molecule has 1 aliphatic carbocycles. The fourth-order valence-corrected chi connectivity index (χ4v) is 3.26. The number of halogens is 1. The van der Waals surface area contributed by atoms with Gasteiger partial charge in [0.15, 0.2) is 0 Å². The summed E-state index contributed by atoms with van der Waals surface area (Å²) < 4.78 is 12.7. The molecule has 18 heavy (non-hydrogen) atoms. The second kappa shape index (κ2) is 7.80. The van der Waals surface area contributed by atoms with E-state index in [0.29, 0.717) is 0 Å². The number of benzene rings is 1. The highest BCUT2D eigenvalue weighted by atomic mass is 32.2. The van der Waals surface area contributed by atoms with Gasteiger partial charge in [0.2, 0.25) is 0 Å². The third-order valence-electron chi connectivity index (χ3n) is 3.44. The van der Waals surface area contributed by atoms with Gasteiger partial charge in [-0.05, 0) is 55.8 Å². The molecule has 100 valence electrons. The van der Waals surface area contributed by atoms with Crippen molar-refractivity contribution in [2.24, 2.45) is 0 Å². The minimum Gasteiger partial charge on any atom is -0.314 e. The van der Waals surface area contributed by atoms with Gasteiger partial charge >= 0.3 is 0 Å². The summed E-state index contributed by atoms with van der Waals surface area (Å²) in [5, 5.41) is 3.64. The molecule has 0 amide bonds. The number of hydrogen-bond donors (Lipinski definition) is 1. The molecule has 3 heteroatoms. The molecule has 0 radical (unpaired) electrons. The predicted octanol–water partition coefficient (Wildman–Crippen LogP) is 4.23. The van der Waals surface area contributed by atoms with Gasteiger partial charge < -0.3 is 5.32 Å². The van der Waals surface area contributed by atoms with Crippen LogP contribution < -0.4 is 5.32 Å². The lowest BCUT2D eigenvalue weighted by Crippen LogP contribution is -2.31. The van der Waals surface area contributed by atoms with Crippen LogP contribution in [0.2, 0.25) is 0 Å². The summed E-state index contributed by atoms with van der Waals surface area (Å²) in [6, 6.07) is 7.53. The van der Waals surface area contributed by atoms with E-state index in [4.69, 9.17) is 0 Å². The van der Waals surface area contributed by atoms with E-state index in [1.807, 2.05) is 23.9 Å². The lowest BCUT2D eigenvalue weighted by atomic mass is 9.95. The van der Waals surface area contributed by atoms with Crippen LogP contribution in [0.3, 0.4) is 0 Å². The fourth-order valence-electron chi connectivity index (χ4n) is 2.41. The first kappa shape index (κ1) is 13.9. The molecular formula is C15H22FNS. The summed E-state index contributed by atoms with van der Waals surface area (Å²) in [5.41, 5.74) is 0. The van der Waals surface area contributed by atoms with E-state index in [1.54, 1.807) is 0 Å². The molecule has 0 aromatic heterocycles. The second-order valence-electron chi connectivity index (χ2n) is 4.94. The third-order valence-corrected chi connectivity index (χ3v) is 4.54. The number of thioether (sulfide) groups is 1. The van der Waals surface area contributed by atoms with Crippen LogP contribution in [0.4, 0.5) is 4.39 Å². The first-order valence-electron chi connectivity index (χ1n) is 6.96. The van der Waals surface area contributed by atoms with Crippen molar-refractivity contribution in [3.8, 4) is 0 Å². The fraction of sp³-hybridized carbons (Fsp3) is 0.600. The molecule has 0 saturated heterocycles. The van der Waals surface area contributed by atoms with Crippen molar-refractivity contribution in [3.05, 3.63) is 30.1 Å². The zero-order valence-electron chi connectivity index (χ0n) is 10.8. The Morgan fingerprint density at radius 1 is 1.11 bits per heavy atom. The normalized spacial score (nSPS) is 16.9. The van der Waals surface area contributed by atoms with Crippen molar-refractivity contribution < 1.29 is 4.39 Å². The third kappa shape index (κ3) is 4.99. The highest BCUT2D eigenvalue weighted by molar-refractivity contribution is 7.99. The molecule has 1 fully saturated rings. The topological polar surface area (TPSA) is 12.0 Å². The molecule has 1 aliphatic rings. The Morgan fingerprint density at radius 2 is 1.83 bits per heavy atom.